The molecule has 0 bridgehead atoms. The van der Waals surface area contributed by atoms with Crippen LogP contribution < -0.4 is 0 Å². The van der Waals surface area contributed by atoms with Gasteiger partial charge in [-0.25, -0.2) is 0 Å². The van der Waals surface area contributed by atoms with E-state index in [1.807, 2.05) is 0 Å². The Morgan fingerprint density at radius 3 is 1.60 bits per heavy atom. The maximum atomic E-state index is 10.2. The third-order valence-corrected chi connectivity index (χ3v) is 1.26. The second-order valence-corrected chi connectivity index (χ2v) is 2.10. The molecule has 0 atom stereocenters. The van der Waals surface area contributed by atoms with Crippen molar-refractivity contribution in [1.29, 1.82) is 0 Å². The topological polar surface area (TPSA) is 94.8 Å². The highest BCUT2D eigenvalue weighted by molar-refractivity contribution is 5.97. The van der Waals surface area contributed by atoms with Crippen LogP contribution in [0.15, 0.2) is 0 Å². The first kappa shape index (κ1) is 8.90. The largest absolute Gasteiger partial charge is 0.480 e. The molecule has 0 heterocycles. The van der Waals surface area contributed by atoms with Gasteiger partial charge < -0.3 is 15.3 Å². The number of hydrogen-bond acceptors (Lipinski definition) is 3. The number of hydrogen-bond donors (Lipinski definition) is 3. The minimum absolute atomic E-state index is 0.905. The zero-order chi connectivity index (χ0) is 8.36. The van der Waals surface area contributed by atoms with Gasteiger partial charge in [-0.05, 0) is 6.92 Å². The van der Waals surface area contributed by atoms with Gasteiger partial charge >= 0.3 is 11.9 Å². The summed E-state index contributed by atoms with van der Waals surface area (Å²) in [6.07, 6.45) is 0. The van der Waals surface area contributed by atoms with Gasteiger partial charge in [0.25, 0.3) is 0 Å². The van der Waals surface area contributed by atoms with Crippen LogP contribution in [0.4, 0.5) is 0 Å². The molecule has 5 nitrogen and oxygen atoms in total. The second kappa shape index (κ2) is 2.66. The lowest BCUT2D eigenvalue weighted by Gasteiger charge is -2.14. The zero-order valence-corrected chi connectivity index (χ0v) is 5.37. The second-order valence-electron chi connectivity index (χ2n) is 2.10. The third kappa shape index (κ3) is 1.24. The molecule has 10 heavy (non-hydrogen) atoms. The van der Waals surface area contributed by atoms with Crippen LogP contribution in [0, 0.1) is 5.41 Å². The summed E-state index contributed by atoms with van der Waals surface area (Å²) < 4.78 is 0. The molecule has 0 aromatic carbocycles. The molecule has 0 aliphatic heterocycles. The highest BCUT2D eigenvalue weighted by Gasteiger charge is 2.40. The van der Waals surface area contributed by atoms with Gasteiger partial charge in [-0.2, -0.15) is 0 Å². The van der Waals surface area contributed by atoms with E-state index in [4.69, 9.17) is 15.3 Å². The molecule has 58 valence electrons. The van der Waals surface area contributed by atoms with Crippen molar-refractivity contribution < 1.29 is 24.9 Å². The SMILES string of the molecule is CC(CO)(C(=O)O)C(=O)O. The maximum Gasteiger partial charge on any atom is 0.323 e. The lowest BCUT2D eigenvalue weighted by molar-refractivity contribution is -0.166. The molecule has 3 N–H and O–H groups in total. The van der Waals surface area contributed by atoms with Crippen molar-refractivity contribution in [2.45, 2.75) is 6.92 Å². The molecule has 0 rings (SSSR count). The van der Waals surface area contributed by atoms with E-state index in [0.29, 0.717) is 0 Å². The van der Waals surface area contributed by atoms with E-state index in [-0.39, 0.29) is 0 Å². The lowest BCUT2D eigenvalue weighted by atomic mass is 9.93. The van der Waals surface area contributed by atoms with Gasteiger partial charge in [-0.3, -0.25) is 9.59 Å². The monoisotopic (exact) mass is 148 g/mol. The molecule has 0 aromatic rings. The average Bonchev–Trinajstić information content (AvgIpc) is 1.85. The van der Waals surface area contributed by atoms with Crippen molar-refractivity contribution in [3.63, 3.8) is 0 Å². The molecule has 5 heteroatoms. The summed E-state index contributed by atoms with van der Waals surface area (Å²) >= 11 is 0. The predicted octanol–water partition coefficient (Wildman–Crippen LogP) is -0.846. The predicted molar refractivity (Wildman–Crippen MR) is 30.5 cm³/mol. The van der Waals surface area contributed by atoms with Crippen molar-refractivity contribution in [1.82, 2.24) is 0 Å². The number of carboxylic acid groups (broad SMARTS) is 2. The average molecular weight is 148 g/mol. The molecule has 0 radical (unpaired) electrons. The number of rotatable bonds is 3. The van der Waals surface area contributed by atoms with Gasteiger partial charge in [-0.1, -0.05) is 0 Å². The Bertz CT molecular complexity index is 147. The number of aliphatic hydroxyl groups is 1. The summed E-state index contributed by atoms with van der Waals surface area (Å²) in [7, 11) is 0. The number of aliphatic carboxylic acids is 2. The lowest BCUT2D eigenvalue weighted by Crippen LogP contribution is -2.39. The van der Waals surface area contributed by atoms with E-state index in [2.05, 4.69) is 0 Å². The Morgan fingerprint density at radius 1 is 1.30 bits per heavy atom. The number of carbonyl (C=O) groups is 2. The summed E-state index contributed by atoms with van der Waals surface area (Å²) in [5.41, 5.74) is -2.07. The van der Waals surface area contributed by atoms with Gasteiger partial charge in [0, 0.05) is 0 Å². The van der Waals surface area contributed by atoms with E-state index in [0.717, 1.165) is 6.92 Å². The smallest absolute Gasteiger partial charge is 0.323 e. The summed E-state index contributed by atoms with van der Waals surface area (Å²) in [5.74, 6) is -3.08. The number of carboxylic acids is 2. The first-order chi connectivity index (χ1) is 4.45. The van der Waals surface area contributed by atoms with Crippen LogP contribution in [0.1, 0.15) is 6.92 Å². The van der Waals surface area contributed by atoms with Crippen LogP contribution in [0.2, 0.25) is 0 Å². The fraction of sp³-hybridized carbons (Fsp3) is 0.600. The summed E-state index contributed by atoms with van der Waals surface area (Å²) in [5, 5.41) is 24.9. The van der Waals surface area contributed by atoms with Crippen molar-refractivity contribution in [2.75, 3.05) is 6.61 Å². The molecule has 0 unspecified atom stereocenters. The molecular weight excluding hydrogens is 140 g/mol. The minimum Gasteiger partial charge on any atom is -0.480 e. The first-order valence-electron chi connectivity index (χ1n) is 2.53. The zero-order valence-electron chi connectivity index (χ0n) is 5.37. The Hall–Kier alpha value is -1.10. The molecule has 0 saturated heterocycles. The fourth-order valence-electron chi connectivity index (χ4n) is 0.227. The van der Waals surface area contributed by atoms with Gasteiger partial charge in [0.15, 0.2) is 5.41 Å². The van der Waals surface area contributed by atoms with Crippen molar-refractivity contribution in [3.8, 4) is 0 Å². The van der Waals surface area contributed by atoms with Gasteiger partial charge in [-0.15, -0.1) is 0 Å². The van der Waals surface area contributed by atoms with E-state index in [1.54, 1.807) is 0 Å². The minimum atomic E-state index is -2.07. The molecule has 0 aliphatic rings. The van der Waals surface area contributed by atoms with Crippen LogP contribution in [0.25, 0.3) is 0 Å². The van der Waals surface area contributed by atoms with Gasteiger partial charge in [0.2, 0.25) is 0 Å². The van der Waals surface area contributed by atoms with Crippen LogP contribution in [0.5, 0.6) is 0 Å². The summed E-state index contributed by atoms with van der Waals surface area (Å²) in [4.78, 5) is 20.3. The molecule has 0 amide bonds. The Kier molecular flexibility index (Phi) is 2.36. The summed E-state index contributed by atoms with van der Waals surface area (Å²) in [6.45, 7) is 0.0370. The quantitative estimate of drug-likeness (QED) is 0.453. The molecule has 0 aliphatic carbocycles. The van der Waals surface area contributed by atoms with E-state index < -0.39 is 24.0 Å². The van der Waals surface area contributed by atoms with Crippen LogP contribution in [0.3, 0.4) is 0 Å². The molecule has 0 fully saturated rings. The maximum absolute atomic E-state index is 10.2. The van der Waals surface area contributed by atoms with E-state index in [9.17, 15) is 9.59 Å². The molecule has 0 spiro atoms. The molecular formula is C5H8O5. The van der Waals surface area contributed by atoms with E-state index in [1.165, 1.54) is 0 Å². The van der Waals surface area contributed by atoms with Crippen molar-refractivity contribution >= 4 is 11.9 Å². The standard InChI is InChI=1S/C5H8O5/c1-5(2-6,3(7)8)4(9)10/h6H,2H2,1H3,(H,7,8)(H,9,10). The van der Waals surface area contributed by atoms with Crippen LogP contribution >= 0.6 is 0 Å². The Morgan fingerprint density at radius 2 is 1.60 bits per heavy atom. The first-order valence-corrected chi connectivity index (χ1v) is 2.53. The third-order valence-electron chi connectivity index (χ3n) is 1.26. The van der Waals surface area contributed by atoms with Crippen molar-refractivity contribution in [3.05, 3.63) is 0 Å². The van der Waals surface area contributed by atoms with Crippen molar-refractivity contribution in [2.24, 2.45) is 5.41 Å². The van der Waals surface area contributed by atoms with Crippen LogP contribution in [-0.2, 0) is 9.59 Å². The normalized spacial score (nSPS) is 11.0. The van der Waals surface area contributed by atoms with E-state index >= 15 is 0 Å². The highest BCUT2D eigenvalue weighted by Crippen LogP contribution is 2.14. The summed E-state index contributed by atoms with van der Waals surface area (Å²) in [6, 6.07) is 0. The van der Waals surface area contributed by atoms with Gasteiger partial charge in [0.1, 0.15) is 0 Å². The van der Waals surface area contributed by atoms with Gasteiger partial charge in [0.05, 0.1) is 6.61 Å². The molecule has 0 saturated carbocycles. The molecule has 0 aromatic heterocycles. The Labute approximate surface area is 56.9 Å². The highest BCUT2D eigenvalue weighted by atomic mass is 16.4. The number of aliphatic hydroxyl groups excluding tert-OH is 1. The Balaban J connectivity index is 4.55. The fourth-order valence-corrected chi connectivity index (χ4v) is 0.227. The van der Waals surface area contributed by atoms with Crippen LogP contribution in [-0.4, -0.2) is 33.9 Å².